The number of carbonyl (C=O) groups is 1. The minimum Gasteiger partial charge on any atom is -0.299 e. The van der Waals surface area contributed by atoms with Gasteiger partial charge in [-0.2, -0.15) is 0 Å². The Morgan fingerprint density at radius 1 is 1.15 bits per heavy atom. The highest BCUT2D eigenvalue weighted by atomic mass is 16.1. The van der Waals surface area contributed by atoms with Crippen LogP contribution in [0.15, 0.2) is 24.3 Å². The molecule has 0 aliphatic rings. The molecule has 0 saturated heterocycles. The molecular formula is C12H16O. The van der Waals surface area contributed by atoms with E-state index in [-0.39, 0.29) is 0 Å². The van der Waals surface area contributed by atoms with Crippen molar-refractivity contribution in [2.24, 2.45) is 0 Å². The van der Waals surface area contributed by atoms with Crippen LogP contribution in [0.25, 0.3) is 0 Å². The molecule has 0 radical (unpaired) electrons. The van der Waals surface area contributed by atoms with E-state index in [4.69, 9.17) is 0 Å². The molecule has 0 amide bonds. The Morgan fingerprint density at radius 2 is 2.00 bits per heavy atom. The van der Waals surface area contributed by atoms with Crippen molar-refractivity contribution in [3.05, 3.63) is 24.3 Å². The number of unbranched alkanes of at least 4 members (excludes halogenated alkanes) is 3. The molecule has 0 atom stereocenters. The summed E-state index contributed by atoms with van der Waals surface area (Å²) in [7, 11) is 0. The van der Waals surface area contributed by atoms with Crippen molar-refractivity contribution in [1.82, 2.24) is 0 Å². The molecule has 0 heterocycles. The highest BCUT2D eigenvalue weighted by Crippen LogP contribution is 1.96. The van der Waals surface area contributed by atoms with Gasteiger partial charge in [0.15, 0.2) is 0 Å². The summed E-state index contributed by atoms with van der Waals surface area (Å²) in [6.45, 7) is 2.18. The van der Waals surface area contributed by atoms with Crippen LogP contribution < -0.4 is 0 Å². The third-order valence-electron chi connectivity index (χ3n) is 1.49. The number of hydrogen-bond acceptors (Lipinski definition) is 1. The van der Waals surface area contributed by atoms with Gasteiger partial charge in [0, 0.05) is 6.42 Å². The molecule has 0 aliphatic heterocycles. The molecule has 0 bridgehead atoms. The van der Waals surface area contributed by atoms with E-state index in [9.17, 15) is 4.79 Å². The first-order chi connectivity index (χ1) is 6.41. The molecule has 0 aromatic heterocycles. The van der Waals surface area contributed by atoms with Gasteiger partial charge in [0.1, 0.15) is 6.29 Å². The Kier molecular flexibility index (Phi) is 9.65. The minimum absolute atomic E-state index is 0.749. The molecule has 0 unspecified atom stereocenters. The van der Waals surface area contributed by atoms with Gasteiger partial charge in [0.05, 0.1) is 0 Å². The third-order valence-corrected chi connectivity index (χ3v) is 1.49. The summed E-state index contributed by atoms with van der Waals surface area (Å²) in [5, 5.41) is 0. The van der Waals surface area contributed by atoms with E-state index in [1.54, 1.807) is 18.2 Å². The second-order valence-corrected chi connectivity index (χ2v) is 2.66. The summed E-state index contributed by atoms with van der Waals surface area (Å²) < 4.78 is 0. The number of allylic oxidation sites excluding steroid dienone is 4. The monoisotopic (exact) mass is 176 g/mol. The number of rotatable bonds is 5. The molecule has 13 heavy (non-hydrogen) atoms. The van der Waals surface area contributed by atoms with Crippen LogP contribution >= 0.6 is 0 Å². The molecule has 0 rings (SSSR count). The molecule has 1 heteroatoms. The Morgan fingerprint density at radius 3 is 2.69 bits per heavy atom. The fraction of sp³-hybridized carbons (Fsp3) is 0.417. The summed E-state index contributed by atoms with van der Waals surface area (Å²) >= 11 is 0. The largest absolute Gasteiger partial charge is 0.299 e. The summed E-state index contributed by atoms with van der Waals surface area (Å²) in [6.07, 6.45) is 12.0. The Balaban J connectivity index is 3.43. The van der Waals surface area contributed by atoms with Crippen LogP contribution in [0.5, 0.6) is 0 Å². The van der Waals surface area contributed by atoms with E-state index in [2.05, 4.69) is 18.8 Å². The lowest BCUT2D eigenvalue weighted by atomic mass is 10.2. The first-order valence-electron chi connectivity index (χ1n) is 4.67. The normalized spacial score (nSPS) is 10.2. The maximum atomic E-state index is 9.86. The lowest BCUT2D eigenvalue weighted by Crippen LogP contribution is -1.70. The first kappa shape index (κ1) is 11.7. The Hall–Kier alpha value is -1.29. The van der Waals surface area contributed by atoms with Crippen LogP contribution in [-0.4, -0.2) is 6.29 Å². The molecular weight excluding hydrogens is 160 g/mol. The van der Waals surface area contributed by atoms with Crippen molar-refractivity contribution < 1.29 is 4.79 Å². The van der Waals surface area contributed by atoms with Crippen molar-refractivity contribution >= 4 is 6.29 Å². The van der Waals surface area contributed by atoms with Crippen LogP contribution in [0.4, 0.5) is 0 Å². The molecule has 0 spiro atoms. The average Bonchev–Trinajstić information content (AvgIpc) is 2.16. The molecule has 1 nitrogen and oxygen atoms in total. The molecule has 0 fully saturated rings. The van der Waals surface area contributed by atoms with E-state index in [0.717, 1.165) is 12.7 Å². The summed E-state index contributed by atoms with van der Waals surface area (Å²) in [5.74, 6) is 5.94. The first-order valence-corrected chi connectivity index (χ1v) is 4.67. The van der Waals surface area contributed by atoms with Gasteiger partial charge in [-0.1, -0.05) is 43.8 Å². The Labute approximate surface area is 80.5 Å². The van der Waals surface area contributed by atoms with Crippen molar-refractivity contribution in [3.63, 3.8) is 0 Å². The topological polar surface area (TPSA) is 17.1 Å². The second kappa shape index (κ2) is 10.7. The minimum atomic E-state index is 0.749. The summed E-state index contributed by atoms with van der Waals surface area (Å²) in [6, 6.07) is 0. The average molecular weight is 176 g/mol. The summed E-state index contributed by atoms with van der Waals surface area (Å²) in [4.78, 5) is 9.86. The lowest BCUT2D eigenvalue weighted by Gasteiger charge is -1.87. The van der Waals surface area contributed by atoms with Gasteiger partial charge in [0.25, 0.3) is 0 Å². The SMILES string of the molecule is CCCCCC#C/C=C/C=C\C=O. The predicted octanol–water partition coefficient (Wildman–Crippen LogP) is 2.88. The summed E-state index contributed by atoms with van der Waals surface area (Å²) in [5.41, 5.74) is 0. The van der Waals surface area contributed by atoms with Gasteiger partial charge < -0.3 is 0 Å². The second-order valence-electron chi connectivity index (χ2n) is 2.66. The maximum Gasteiger partial charge on any atom is 0.142 e. The molecule has 70 valence electrons. The smallest absolute Gasteiger partial charge is 0.142 e. The highest BCUT2D eigenvalue weighted by molar-refractivity contribution is 5.65. The molecule has 0 aromatic rings. The number of hydrogen-bond donors (Lipinski definition) is 0. The zero-order valence-electron chi connectivity index (χ0n) is 8.12. The van der Waals surface area contributed by atoms with Crippen LogP contribution in [-0.2, 0) is 4.79 Å². The van der Waals surface area contributed by atoms with Crippen molar-refractivity contribution in [2.75, 3.05) is 0 Å². The molecule has 0 N–H and O–H groups in total. The van der Waals surface area contributed by atoms with E-state index in [1.165, 1.54) is 25.3 Å². The van der Waals surface area contributed by atoms with E-state index in [1.807, 2.05) is 0 Å². The molecule has 0 aromatic carbocycles. The van der Waals surface area contributed by atoms with Crippen LogP contribution in [0.2, 0.25) is 0 Å². The van der Waals surface area contributed by atoms with Crippen molar-refractivity contribution in [2.45, 2.75) is 32.6 Å². The molecule has 0 aliphatic carbocycles. The van der Waals surface area contributed by atoms with E-state index < -0.39 is 0 Å². The fourth-order valence-electron chi connectivity index (χ4n) is 0.808. The van der Waals surface area contributed by atoms with Gasteiger partial charge in [-0.05, 0) is 18.6 Å². The predicted molar refractivity (Wildman–Crippen MR) is 56.3 cm³/mol. The molecule has 0 saturated carbocycles. The Bertz CT molecular complexity index is 225. The maximum absolute atomic E-state index is 9.86. The van der Waals surface area contributed by atoms with Gasteiger partial charge in [0.2, 0.25) is 0 Å². The van der Waals surface area contributed by atoms with Gasteiger partial charge in [-0.15, -0.1) is 0 Å². The van der Waals surface area contributed by atoms with Crippen LogP contribution in [0.3, 0.4) is 0 Å². The highest BCUT2D eigenvalue weighted by Gasteiger charge is 1.78. The van der Waals surface area contributed by atoms with Crippen molar-refractivity contribution in [3.8, 4) is 11.8 Å². The van der Waals surface area contributed by atoms with Crippen LogP contribution in [0.1, 0.15) is 32.6 Å². The van der Waals surface area contributed by atoms with Crippen molar-refractivity contribution in [1.29, 1.82) is 0 Å². The standard InChI is InChI=1S/C12H16O/c1-2-3-4-5-6-7-8-9-10-11-12-13/h8-12H,2-5H2,1H3/b9-8+,11-10-. The fourth-order valence-corrected chi connectivity index (χ4v) is 0.808. The quantitative estimate of drug-likeness (QED) is 0.207. The third kappa shape index (κ3) is 10.7. The van der Waals surface area contributed by atoms with Gasteiger partial charge >= 0.3 is 0 Å². The van der Waals surface area contributed by atoms with Gasteiger partial charge in [-0.25, -0.2) is 0 Å². The lowest BCUT2D eigenvalue weighted by molar-refractivity contribution is -0.104. The zero-order valence-corrected chi connectivity index (χ0v) is 8.12. The number of aldehydes is 1. The zero-order chi connectivity index (χ0) is 9.78. The van der Waals surface area contributed by atoms with Gasteiger partial charge in [-0.3, -0.25) is 4.79 Å². The van der Waals surface area contributed by atoms with E-state index >= 15 is 0 Å². The number of carbonyl (C=O) groups excluding carboxylic acids is 1. The van der Waals surface area contributed by atoms with Crippen LogP contribution in [0, 0.1) is 11.8 Å². The van der Waals surface area contributed by atoms with E-state index in [0.29, 0.717) is 0 Å².